The minimum absolute atomic E-state index is 0.0286. The van der Waals surface area contributed by atoms with Gasteiger partial charge in [0.25, 0.3) is 0 Å². The number of hydrogen-bond donors (Lipinski definition) is 0. The quantitative estimate of drug-likeness (QED) is 0.447. The maximum atomic E-state index is 13.6. The van der Waals surface area contributed by atoms with Crippen LogP contribution in [0.3, 0.4) is 0 Å². The first-order valence-corrected chi connectivity index (χ1v) is 9.08. The highest BCUT2D eigenvalue weighted by Gasteiger charge is 2.35. The molecule has 0 amide bonds. The van der Waals surface area contributed by atoms with E-state index >= 15 is 0 Å². The van der Waals surface area contributed by atoms with Gasteiger partial charge in [-0.15, -0.1) is 0 Å². The highest BCUT2D eigenvalue weighted by atomic mass is 19.4. The number of Topliss-reactive ketones (excluding diaryl/α,β-unsaturated/α-hetero) is 1. The second kappa shape index (κ2) is 8.01. The SMILES string of the molecule is Cc1ccc(C(=O)C[C@@H](c2ccc(C)cc2)c2ccccc2C(F)(F)F)cc1. The molecule has 0 N–H and O–H groups in total. The van der Waals surface area contributed by atoms with Crippen LogP contribution in [-0.2, 0) is 6.18 Å². The first-order chi connectivity index (χ1) is 13.3. The van der Waals surface area contributed by atoms with Crippen molar-refractivity contribution in [2.45, 2.75) is 32.4 Å². The van der Waals surface area contributed by atoms with Gasteiger partial charge in [0.15, 0.2) is 5.78 Å². The molecular formula is C24H21F3O. The highest BCUT2D eigenvalue weighted by Crippen LogP contribution is 2.39. The smallest absolute Gasteiger partial charge is 0.294 e. The number of rotatable bonds is 5. The number of carbonyl (C=O) groups excluding carboxylic acids is 1. The summed E-state index contributed by atoms with van der Waals surface area (Å²) in [6, 6.07) is 19.9. The molecule has 0 unspecified atom stereocenters. The first kappa shape index (κ1) is 19.9. The highest BCUT2D eigenvalue weighted by molar-refractivity contribution is 5.96. The zero-order chi connectivity index (χ0) is 20.3. The largest absolute Gasteiger partial charge is 0.416 e. The van der Waals surface area contributed by atoms with Crippen molar-refractivity contribution in [1.29, 1.82) is 0 Å². The maximum Gasteiger partial charge on any atom is 0.416 e. The second-order valence-electron chi connectivity index (χ2n) is 7.04. The summed E-state index contributed by atoms with van der Waals surface area (Å²) in [5, 5.41) is 0. The molecule has 1 nitrogen and oxygen atoms in total. The van der Waals surface area contributed by atoms with E-state index in [1.807, 2.05) is 38.1 Å². The van der Waals surface area contributed by atoms with Gasteiger partial charge in [-0.05, 0) is 31.0 Å². The summed E-state index contributed by atoms with van der Waals surface area (Å²) < 4.78 is 40.8. The number of aryl methyl sites for hydroxylation is 2. The number of hydrogen-bond acceptors (Lipinski definition) is 1. The summed E-state index contributed by atoms with van der Waals surface area (Å²) in [5.41, 5.74) is 2.66. The topological polar surface area (TPSA) is 17.1 Å². The van der Waals surface area contributed by atoms with Gasteiger partial charge in [-0.3, -0.25) is 4.79 Å². The minimum Gasteiger partial charge on any atom is -0.294 e. The van der Waals surface area contributed by atoms with Crippen molar-refractivity contribution in [3.05, 3.63) is 106 Å². The fraction of sp³-hybridized carbons (Fsp3) is 0.208. The Labute approximate surface area is 162 Å². The van der Waals surface area contributed by atoms with Crippen molar-refractivity contribution in [2.24, 2.45) is 0 Å². The third-order valence-corrected chi connectivity index (χ3v) is 4.88. The molecule has 0 aliphatic heterocycles. The summed E-state index contributed by atoms with van der Waals surface area (Å²) in [5.74, 6) is -0.852. The molecule has 0 aliphatic carbocycles. The van der Waals surface area contributed by atoms with Gasteiger partial charge in [-0.25, -0.2) is 0 Å². The van der Waals surface area contributed by atoms with Crippen molar-refractivity contribution >= 4 is 5.78 Å². The Balaban J connectivity index is 2.05. The molecule has 0 saturated heterocycles. The van der Waals surface area contributed by atoms with Crippen LogP contribution in [-0.4, -0.2) is 5.78 Å². The second-order valence-corrected chi connectivity index (χ2v) is 7.04. The van der Waals surface area contributed by atoms with Gasteiger partial charge in [-0.2, -0.15) is 13.2 Å². The van der Waals surface area contributed by atoms with E-state index in [1.54, 1.807) is 30.3 Å². The van der Waals surface area contributed by atoms with Gasteiger partial charge in [0.2, 0.25) is 0 Å². The molecule has 0 heterocycles. The molecule has 3 rings (SSSR count). The molecule has 0 bridgehead atoms. The number of carbonyl (C=O) groups is 1. The molecule has 0 aromatic heterocycles. The Morgan fingerprint density at radius 3 is 1.93 bits per heavy atom. The van der Waals surface area contributed by atoms with Gasteiger partial charge < -0.3 is 0 Å². The fourth-order valence-corrected chi connectivity index (χ4v) is 3.31. The van der Waals surface area contributed by atoms with E-state index in [2.05, 4.69) is 0 Å². The van der Waals surface area contributed by atoms with E-state index in [0.717, 1.165) is 17.2 Å². The van der Waals surface area contributed by atoms with Crippen molar-refractivity contribution < 1.29 is 18.0 Å². The van der Waals surface area contributed by atoms with Crippen LogP contribution in [0.2, 0.25) is 0 Å². The van der Waals surface area contributed by atoms with Gasteiger partial charge in [0.1, 0.15) is 0 Å². The Hall–Kier alpha value is -2.88. The molecule has 3 aromatic carbocycles. The van der Waals surface area contributed by atoms with E-state index in [9.17, 15) is 18.0 Å². The van der Waals surface area contributed by atoms with E-state index in [1.165, 1.54) is 12.1 Å². The summed E-state index contributed by atoms with van der Waals surface area (Å²) in [6.07, 6.45) is -4.51. The molecule has 144 valence electrons. The van der Waals surface area contributed by atoms with Crippen LogP contribution in [0.25, 0.3) is 0 Å². The molecule has 0 radical (unpaired) electrons. The van der Waals surface area contributed by atoms with Gasteiger partial charge in [0, 0.05) is 17.9 Å². The monoisotopic (exact) mass is 382 g/mol. The third kappa shape index (κ3) is 4.50. The van der Waals surface area contributed by atoms with Crippen molar-refractivity contribution in [2.75, 3.05) is 0 Å². The summed E-state index contributed by atoms with van der Waals surface area (Å²) >= 11 is 0. The predicted molar refractivity (Wildman–Crippen MR) is 105 cm³/mol. The summed E-state index contributed by atoms with van der Waals surface area (Å²) in [7, 11) is 0. The normalized spacial score (nSPS) is 12.6. The maximum absolute atomic E-state index is 13.6. The molecule has 0 fully saturated rings. The zero-order valence-corrected chi connectivity index (χ0v) is 15.8. The number of benzene rings is 3. The average Bonchev–Trinajstić information content (AvgIpc) is 2.67. The molecule has 0 saturated carbocycles. The Morgan fingerprint density at radius 2 is 1.36 bits per heavy atom. The lowest BCUT2D eigenvalue weighted by Crippen LogP contribution is -2.15. The third-order valence-electron chi connectivity index (χ3n) is 4.88. The van der Waals surface area contributed by atoms with E-state index in [-0.39, 0.29) is 17.8 Å². The summed E-state index contributed by atoms with van der Waals surface area (Å²) in [6.45, 7) is 3.84. The van der Waals surface area contributed by atoms with Crippen LogP contribution < -0.4 is 0 Å². The molecule has 0 aliphatic rings. The average molecular weight is 382 g/mol. The first-order valence-electron chi connectivity index (χ1n) is 9.08. The molecule has 0 spiro atoms. The number of ketones is 1. The Kier molecular flexibility index (Phi) is 5.68. The predicted octanol–water partition coefficient (Wildman–Crippen LogP) is 6.73. The van der Waals surface area contributed by atoms with Crippen LogP contribution in [0.1, 0.15) is 50.5 Å². The van der Waals surface area contributed by atoms with Crippen LogP contribution >= 0.6 is 0 Å². The lowest BCUT2D eigenvalue weighted by Gasteiger charge is -2.22. The lowest BCUT2D eigenvalue weighted by molar-refractivity contribution is -0.138. The number of halogens is 3. The Morgan fingerprint density at radius 1 is 0.821 bits per heavy atom. The van der Waals surface area contributed by atoms with E-state index < -0.39 is 17.7 Å². The fourth-order valence-electron chi connectivity index (χ4n) is 3.31. The van der Waals surface area contributed by atoms with Gasteiger partial charge in [-0.1, -0.05) is 77.9 Å². The molecule has 3 aromatic rings. The van der Waals surface area contributed by atoms with Crippen LogP contribution in [0.15, 0.2) is 72.8 Å². The zero-order valence-electron chi connectivity index (χ0n) is 15.8. The van der Waals surface area contributed by atoms with E-state index in [0.29, 0.717) is 11.1 Å². The van der Waals surface area contributed by atoms with Crippen LogP contribution in [0.4, 0.5) is 13.2 Å². The van der Waals surface area contributed by atoms with Crippen molar-refractivity contribution in [1.82, 2.24) is 0 Å². The number of alkyl halides is 3. The van der Waals surface area contributed by atoms with Crippen LogP contribution in [0, 0.1) is 13.8 Å². The van der Waals surface area contributed by atoms with E-state index in [4.69, 9.17) is 0 Å². The summed E-state index contributed by atoms with van der Waals surface area (Å²) in [4.78, 5) is 12.9. The van der Waals surface area contributed by atoms with Crippen molar-refractivity contribution in [3.63, 3.8) is 0 Å². The van der Waals surface area contributed by atoms with Gasteiger partial charge in [0.05, 0.1) is 5.56 Å². The lowest BCUT2D eigenvalue weighted by atomic mass is 9.83. The molecule has 1 atom stereocenters. The molecule has 4 heteroatoms. The standard InChI is InChI=1S/C24H21F3O/c1-16-7-11-18(12-8-16)21(15-23(28)19-13-9-17(2)10-14-19)20-5-3-4-6-22(20)24(25,26)27/h3-14,21H,15H2,1-2H3/t21-/m0/s1. The molecule has 28 heavy (non-hydrogen) atoms. The minimum atomic E-state index is -4.48. The Bertz CT molecular complexity index is 954. The van der Waals surface area contributed by atoms with Crippen LogP contribution in [0.5, 0.6) is 0 Å². The molecular weight excluding hydrogens is 361 g/mol. The van der Waals surface area contributed by atoms with Crippen molar-refractivity contribution in [3.8, 4) is 0 Å². The van der Waals surface area contributed by atoms with Gasteiger partial charge >= 0.3 is 6.18 Å².